The van der Waals surface area contributed by atoms with Crippen molar-refractivity contribution < 1.29 is 13.2 Å². The third-order valence-electron chi connectivity index (χ3n) is 4.33. The Kier molecular flexibility index (Phi) is 4.65. The van der Waals surface area contributed by atoms with E-state index in [1.54, 1.807) is 0 Å². The highest BCUT2D eigenvalue weighted by Gasteiger charge is 2.28. The second kappa shape index (κ2) is 6.52. The van der Waals surface area contributed by atoms with E-state index in [0.29, 0.717) is 26.2 Å². The zero-order chi connectivity index (χ0) is 15.6. The molecule has 0 radical (unpaired) electrons. The molecule has 0 aromatic carbocycles. The highest BCUT2D eigenvalue weighted by molar-refractivity contribution is 7.89. The minimum Gasteiger partial charge on any atom is -0.376 e. The lowest BCUT2D eigenvalue weighted by Crippen LogP contribution is -2.32. The summed E-state index contributed by atoms with van der Waals surface area (Å²) in [6.07, 6.45) is 6.31. The molecule has 0 bridgehead atoms. The quantitative estimate of drug-likeness (QED) is 0.834. The molecule has 0 unspecified atom stereocenters. The Morgan fingerprint density at radius 3 is 2.59 bits per heavy atom. The van der Waals surface area contributed by atoms with Crippen LogP contribution in [0.15, 0.2) is 28.0 Å². The second-order valence-corrected chi connectivity index (χ2v) is 7.89. The number of ether oxygens (including phenoxy) is 1. The van der Waals surface area contributed by atoms with Crippen LogP contribution in [0, 0.1) is 0 Å². The molecule has 1 aromatic rings. The molecule has 3 rings (SSSR count). The van der Waals surface area contributed by atoms with Crippen LogP contribution < -0.4 is 5.56 Å². The summed E-state index contributed by atoms with van der Waals surface area (Å²) in [5.41, 5.74) is -0.186. The van der Waals surface area contributed by atoms with Gasteiger partial charge in [0.1, 0.15) is 0 Å². The van der Waals surface area contributed by atoms with Gasteiger partial charge in [0.2, 0.25) is 10.0 Å². The predicted octanol–water partition coefficient (Wildman–Crippen LogP) is 1.20. The normalized spacial score (nSPS) is 23.7. The maximum atomic E-state index is 12.6. The predicted molar refractivity (Wildman–Crippen MR) is 82.3 cm³/mol. The molecule has 1 aromatic heterocycles. The van der Waals surface area contributed by atoms with Gasteiger partial charge in [0, 0.05) is 32.0 Å². The largest absolute Gasteiger partial charge is 0.376 e. The van der Waals surface area contributed by atoms with Crippen LogP contribution in [0.3, 0.4) is 0 Å². The van der Waals surface area contributed by atoms with Crippen molar-refractivity contribution in [3.05, 3.63) is 28.7 Å². The van der Waals surface area contributed by atoms with Gasteiger partial charge < -0.3 is 9.30 Å². The fourth-order valence-corrected chi connectivity index (χ4v) is 4.59. The zero-order valence-corrected chi connectivity index (χ0v) is 13.4. The van der Waals surface area contributed by atoms with Crippen molar-refractivity contribution in [2.75, 3.05) is 19.7 Å². The smallest absolute Gasteiger partial charge is 0.250 e. The fourth-order valence-electron chi connectivity index (χ4n) is 3.05. The first-order valence-corrected chi connectivity index (χ1v) is 9.33. The Bertz CT molecular complexity index is 671. The van der Waals surface area contributed by atoms with E-state index in [2.05, 4.69) is 0 Å². The molecule has 2 aliphatic rings. The summed E-state index contributed by atoms with van der Waals surface area (Å²) in [5.74, 6) is 0. The molecule has 22 heavy (non-hydrogen) atoms. The lowest BCUT2D eigenvalue weighted by molar-refractivity contribution is 0.00531. The van der Waals surface area contributed by atoms with Crippen LogP contribution in [0.25, 0.3) is 0 Å². The molecular formula is C15H22N2O4S. The lowest BCUT2D eigenvalue weighted by atomic mass is 10.1. The van der Waals surface area contributed by atoms with Crippen LogP contribution >= 0.6 is 0 Å². The molecule has 2 saturated heterocycles. The standard InChI is InChI=1S/C15H22N2O4S/c18-15-7-6-14(22(19,20)17-8-2-3-9-17)12-16(15)11-13-5-1-4-10-21-13/h6-7,12-13H,1-5,8-11H2/t13-/m0/s1. The van der Waals surface area contributed by atoms with Gasteiger partial charge in [0.25, 0.3) is 5.56 Å². The summed E-state index contributed by atoms with van der Waals surface area (Å²) < 4.78 is 33.7. The van der Waals surface area contributed by atoms with Crippen LogP contribution in [0.4, 0.5) is 0 Å². The molecule has 0 N–H and O–H groups in total. The van der Waals surface area contributed by atoms with E-state index in [9.17, 15) is 13.2 Å². The van der Waals surface area contributed by atoms with Crippen molar-refractivity contribution in [1.82, 2.24) is 8.87 Å². The molecule has 0 spiro atoms. The SMILES string of the molecule is O=c1ccc(S(=O)(=O)N2CCCC2)cn1C[C@@H]1CCCCO1. The monoisotopic (exact) mass is 326 g/mol. The van der Waals surface area contributed by atoms with Crippen LogP contribution in [0.1, 0.15) is 32.1 Å². The zero-order valence-electron chi connectivity index (χ0n) is 12.6. The number of pyridine rings is 1. The average molecular weight is 326 g/mol. The van der Waals surface area contributed by atoms with Crippen molar-refractivity contribution in [2.24, 2.45) is 0 Å². The third kappa shape index (κ3) is 3.26. The van der Waals surface area contributed by atoms with Gasteiger partial charge in [-0.05, 0) is 38.2 Å². The third-order valence-corrected chi connectivity index (χ3v) is 6.22. The number of sulfonamides is 1. The highest BCUT2D eigenvalue weighted by atomic mass is 32.2. The van der Waals surface area contributed by atoms with Gasteiger partial charge in [-0.3, -0.25) is 4.79 Å². The first-order valence-electron chi connectivity index (χ1n) is 7.89. The molecule has 122 valence electrons. The maximum Gasteiger partial charge on any atom is 0.250 e. The Morgan fingerprint density at radius 1 is 1.14 bits per heavy atom. The number of hydrogen-bond acceptors (Lipinski definition) is 4. The summed E-state index contributed by atoms with van der Waals surface area (Å²) in [7, 11) is -3.49. The van der Waals surface area contributed by atoms with E-state index in [4.69, 9.17) is 4.74 Å². The highest BCUT2D eigenvalue weighted by Crippen LogP contribution is 2.20. The Morgan fingerprint density at radius 2 is 1.91 bits per heavy atom. The van der Waals surface area contributed by atoms with Crippen molar-refractivity contribution in [2.45, 2.75) is 49.6 Å². The molecule has 2 aliphatic heterocycles. The average Bonchev–Trinajstić information content (AvgIpc) is 3.05. The summed E-state index contributed by atoms with van der Waals surface area (Å²) in [6.45, 7) is 2.26. The summed E-state index contributed by atoms with van der Waals surface area (Å²) in [6, 6.07) is 2.75. The number of hydrogen-bond donors (Lipinski definition) is 0. The van der Waals surface area contributed by atoms with E-state index < -0.39 is 10.0 Å². The van der Waals surface area contributed by atoms with Gasteiger partial charge in [-0.2, -0.15) is 4.31 Å². The van der Waals surface area contributed by atoms with Gasteiger partial charge in [-0.15, -0.1) is 0 Å². The Balaban J connectivity index is 1.84. The lowest BCUT2D eigenvalue weighted by Gasteiger charge is -2.23. The summed E-state index contributed by atoms with van der Waals surface area (Å²) in [5, 5.41) is 0. The van der Waals surface area contributed by atoms with Gasteiger partial charge in [0.05, 0.1) is 17.5 Å². The van der Waals surface area contributed by atoms with Crippen molar-refractivity contribution >= 4 is 10.0 Å². The van der Waals surface area contributed by atoms with Gasteiger partial charge in [-0.1, -0.05) is 0 Å². The molecule has 0 aliphatic carbocycles. The van der Waals surface area contributed by atoms with Crippen LogP contribution in [0.5, 0.6) is 0 Å². The van der Waals surface area contributed by atoms with Gasteiger partial charge >= 0.3 is 0 Å². The summed E-state index contributed by atoms with van der Waals surface area (Å²) >= 11 is 0. The number of rotatable bonds is 4. The van der Waals surface area contributed by atoms with Gasteiger partial charge in [-0.25, -0.2) is 8.42 Å². The molecule has 6 nitrogen and oxygen atoms in total. The minimum atomic E-state index is -3.49. The van der Waals surface area contributed by atoms with E-state index in [0.717, 1.165) is 32.1 Å². The van der Waals surface area contributed by atoms with E-state index >= 15 is 0 Å². The topological polar surface area (TPSA) is 68.6 Å². The Labute approximate surface area is 130 Å². The van der Waals surface area contributed by atoms with Crippen molar-refractivity contribution in [3.8, 4) is 0 Å². The van der Waals surface area contributed by atoms with Crippen LogP contribution in [0.2, 0.25) is 0 Å². The fraction of sp³-hybridized carbons (Fsp3) is 0.667. The Hall–Kier alpha value is -1.18. The molecule has 3 heterocycles. The van der Waals surface area contributed by atoms with E-state index in [1.165, 1.54) is 27.2 Å². The van der Waals surface area contributed by atoms with Crippen molar-refractivity contribution in [1.29, 1.82) is 0 Å². The van der Waals surface area contributed by atoms with Crippen LogP contribution in [-0.2, 0) is 21.3 Å². The van der Waals surface area contributed by atoms with Crippen molar-refractivity contribution in [3.63, 3.8) is 0 Å². The number of nitrogens with zero attached hydrogens (tertiary/aromatic N) is 2. The molecule has 0 amide bonds. The first-order chi connectivity index (χ1) is 10.6. The number of aromatic nitrogens is 1. The second-order valence-electron chi connectivity index (χ2n) is 5.96. The molecule has 0 saturated carbocycles. The maximum absolute atomic E-state index is 12.6. The van der Waals surface area contributed by atoms with E-state index in [-0.39, 0.29) is 16.6 Å². The molecular weight excluding hydrogens is 304 g/mol. The molecule has 2 fully saturated rings. The van der Waals surface area contributed by atoms with Crippen LogP contribution in [-0.4, -0.2) is 43.1 Å². The molecule has 1 atom stereocenters. The minimum absolute atomic E-state index is 0.00353. The molecule has 7 heteroatoms. The van der Waals surface area contributed by atoms with Gasteiger partial charge in [0.15, 0.2) is 0 Å². The summed E-state index contributed by atoms with van der Waals surface area (Å²) in [4.78, 5) is 12.2. The first kappa shape index (κ1) is 15.7. The van der Waals surface area contributed by atoms with E-state index in [1.807, 2.05) is 0 Å².